The maximum absolute atomic E-state index is 12.6. The summed E-state index contributed by atoms with van der Waals surface area (Å²) >= 11 is 3.34. The minimum atomic E-state index is -0.497. The third-order valence-corrected chi connectivity index (χ3v) is 3.64. The zero-order chi connectivity index (χ0) is 15.3. The molecule has 0 saturated carbocycles. The number of hydrogen-bond acceptors (Lipinski definition) is 3. The van der Waals surface area contributed by atoms with Gasteiger partial charge in [0.05, 0.1) is 4.92 Å². The van der Waals surface area contributed by atoms with Crippen molar-refractivity contribution in [3.8, 4) is 0 Å². The molecule has 0 aliphatic rings. The Hall–Kier alpha value is -1.43. The molecule has 20 heavy (non-hydrogen) atoms. The summed E-state index contributed by atoms with van der Waals surface area (Å²) in [5.74, 6) is -0.272. The number of hydrogen-bond donors (Lipinski definition) is 0. The summed E-state index contributed by atoms with van der Waals surface area (Å²) < 4.78 is 0. The lowest BCUT2D eigenvalue weighted by Gasteiger charge is -2.27. The molecule has 0 unspecified atom stereocenters. The molecule has 5 nitrogen and oxygen atoms in total. The summed E-state index contributed by atoms with van der Waals surface area (Å²) in [6.07, 6.45) is 0.809. The first kappa shape index (κ1) is 16.6. The number of halogens is 1. The Morgan fingerprint density at radius 1 is 1.45 bits per heavy atom. The van der Waals surface area contributed by atoms with E-state index in [1.807, 2.05) is 13.8 Å². The van der Waals surface area contributed by atoms with Crippen LogP contribution in [0.25, 0.3) is 0 Å². The Labute approximate surface area is 127 Å². The van der Waals surface area contributed by atoms with E-state index in [1.165, 1.54) is 6.07 Å². The van der Waals surface area contributed by atoms with Crippen LogP contribution in [0.4, 0.5) is 5.69 Å². The minimum absolute atomic E-state index is 0.000704. The monoisotopic (exact) mass is 342 g/mol. The van der Waals surface area contributed by atoms with E-state index in [1.54, 1.807) is 24.0 Å². The number of nitro benzene ring substituents is 1. The van der Waals surface area contributed by atoms with Crippen molar-refractivity contribution in [3.63, 3.8) is 0 Å². The van der Waals surface area contributed by atoms with Crippen LogP contribution < -0.4 is 0 Å². The lowest BCUT2D eigenvalue weighted by atomic mass is 10.0. The number of benzene rings is 1. The second-order valence-electron chi connectivity index (χ2n) is 4.86. The van der Waals surface area contributed by atoms with Crippen LogP contribution in [0.3, 0.4) is 0 Å². The smallest absolute Gasteiger partial charge is 0.282 e. The molecule has 6 heteroatoms. The van der Waals surface area contributed by atoms with Gasteiger partial charge in [0.2, 0.25) is 0 Å². The molecule has 1 rings (SSSR count). The van der Waals surface area contributed by atoms with Gasteiger partial charge in [0.15, 0.2) is 0 Å². The van der Waals surface area contributed by atoms with Crippen molar-refractivity contribution in [1.82, 2.24) is 4.90 Å². The van der Waals surface area contributed by atoms with Gasteiger partial charge in [-0.05, 0) is 32.8 Å². The molecule has 0 aliphatic carbocycles. The highest BCUT2D eigenvalue weighted by atomic mass is 79.9. The number of alkyl halides is 1. The van der Waals surface area contributed by atoms with E-state index < -0.39 is 4.92 Å². The third-order valence-electron chi connectivity index (χ3n) is 3.08. The molecule has 0 saturated heterocycles. The number of carbonyl (C=O) groups excluding carboxylic acids is 1. The van der Waals surface area contributed by atoms with Crippen molar-refractivity contribution in [3.05, 3.63) is 39.4 Å². The summed E-state index contributed by atoms with van der Waals surface area (Å²) in [6.45, 7) is 6.13. The highest BCUT2D eigenvalue weighted by Crippen LogP contribution is 2.24. The average molecular weight is 343 g/mol. The molecule has 0 radical (unpaired) electrons. The Balaban J connectivity index is 3.21. The molecule has 0 atom stereocenters. The fourth-order valence-corrected chi connectivity index (χ4v) is 2.30. The van der Waals surface area contributed by atoms with Gasteiger partial charge >= 0.3 is 0 Å². The molecular formula is C14H19BrN2O3. The predicted octanol–water partition coefficient (Wildman–Crippen LogP) is 3.54. The van der Waals surface area contributed by atoms with Crippen LogP contribution in [0, 0.1) is 17.0 Å². The van der Waals surface area contributed by atoms with Crippen LogP contribution in [-0.4, -0.2) is 33.6 Å². The van der Waals surface area contributed by atoms with Crippen LogP contribution >= 0.6 is 15.9 Å². The lowest BCUT2D eigenvalue weighted by molar-refractivity contribution is -0.385. The van der Waals surface area contributed by atoms with Gasteiger partial charge in [-0.25, -0.2) is 0 Å². The summed E-state index contributed by atoms with van der Waals surface area (Å²) in [5.41, 5.74) is 0.703. The fourth-order valence-electron chi connectivity index (χ4n) is 2.05. The van der Waals surface area contributed by atoms with E-state index in [9.17, 15) is 14.9 Å². The number of nitrogens with zero attached hydrogens (tertiary/aromatic N) is 2. The summed E-state index contributed by atoms with van der Waals surface area (Å²) in [6, 6.07) is 4.70. The molecule has 0 fully saturated rings. The number of carbonyl (C=O) groups is 1. The van der Waals surface area contributed by atoms with Crippen molar-refractivity contribution < 1.29 is 9.72 Å². The van der Waals surface area contributed by atoms with Gasteiger partial charge < -0.3 is 4.90 Å². The van der Waals surface area contributed by atoms with Crippen LogP contribution in [0.15, 0.2) is 18.2 Å². The Kier molecular flexibility index (Phi) is 6.13. The van der Waals surface area contributed by atoms with Crippen molar-refractivity contribution in [2.75, 3.05) is 11.9 Å². The maximum atomic E-state index is 12.6. The van der Waals surface area contributed by atoms with Crippen molar-refractivity contribution in [2.45, 2.75) is 33.2 Å². The van der Waals surface area contributed by atoms with Crippen LogP contribution in [-0.2, 0) is 0 Å². The van der Waals surface area contributed by atoms with E-state index >= 15 is 0 Å². The Bertz CT molecular complexity index is 503. The summed E-state index contributed by atoms with van der Waals surface area (Å²) in [5, 5.41) is 11.9. The van der Waals surface area contributed by atoms with Crippen molar-refractivity contribution >= 4 is 27.5 Å². The Morgan fingerprint density at radius 3 is 2.60 bits per heavy atom. The lowest BCUT2D eigenvalue weighted by Crippen LogP contribution is -2.38. The zero-order valence-corrected chi connectivity index (χ0v) is 13.5. The molecular weight excluding hydrogens is 324 g/mol. The first-order chi connectivity index (χ1) is 9.40. The van der Waals surface area contributed by atoms with E-state index in [2.05, 4.69) is 15.9 Å². The van der Waals surface area contributed by atoms with Gasteiger partial charge in [0.25, 0.3) is 11.6 Å². The number of amides is 1. The molecule has 1 aromatic rings. The molecule has 1 aromatic carbocycles. The molecule has 0 heterocycles. The highest BCUT2D eigenvalue weighted by Gasteiger charge is 2.27. The fraction of sp³-hybridized carbons (Fsp3) is 0.500. The summed E-state index contributed by atoms with van der Waals surface area (Å²) in [4.78, 5) is 24.9. The molecule has 0 spiro atoms. The topological polar surface area (TPSA) is 63.5 Å². The number of nitro groups is 1. The van der Waals surface area contributed by atoms with Crippen molar-refractivity contribution in [2.24, 2.45) is 0 Å². The standard InChI is InChI=1S/C14H19BrN2O3/c1-10(2)16(9-5-8-15)14(18)13-11(3)6-4-7-12(13)17(19)20/h4,6-7,10H,5,8-9H2,1-3H3. The molecule has 0 aromatic heterocycles. The van der Waals surface area contributed by atoms with Gasteiger partial charge in [-0.1, -0.05) is 28.1 Å². The SMILES string of the molecule is Cc1cccc([N+](=O)[O-])c1C(=O)N(CCCBr)C(C)C. The van der Waals surface area contributed by atoms with Crippen molar-refractivity contribution in [1.29, 1.82) is 0 Å². The van der Waals surface area contributed by atoms with Gasteiger partial charge in [-0.15, -0.1) is 0 Å². The van der Waals surface area contributed by atoms with Crippen LogP contribution in [0.5, 0.6) is 0 Å². The van der Waals surface area contributed by atoms with Gasteiger partial charge in [-0.3, -0.25) is 14.9 Å². The van der Waals surface area contributed by atoms with Gasteiger partial charge in [0, 0.05) is 24.0 Å². The first-order valence-corrected chi connectivity index (χ1v) is 7.63. The van der Waals surface area contributed by atoms with E-state index in [-0.39, 0.29) is 23.2 Å². The Morgan fingerprint density at radius 2 is 2.10 bits per heavy atom. The largest absolute Gasteiger partial charge is 0.336 e. The molecule has 0 N–H and O–H groups in total. The summed E-state index contributed by atoms with van der Waals surface area (Å²) in [7, 11) is 0. The predicted molar refractivity (Wildman–Crippen MR) is 82.4 cm³/mol. The highest BCUT2D eigenvalue weighted by molar-refractivity contribution is 9.09. The average Bonchev–Trinajstić information content (AvgIpc) is 2.38. The molecule has 110 valence electrons. The zero-order valence-electron chi connectivity index (χ0n) is 11.9. The molecule has 1 amide bonds. The maximum Gasteiger partial charge on any atom is 0.282 e. The number of rotatable bonds is 6. The normalized spacial score (nSPS) is 10.7. The van der Waals surface area contributed by atoms with Crippen LogP contribution in [0.1, 0.15) is 36.2 Å². The molecule has 0 bridgehead atoms. The minimum Gasteiger partial charge on any atom is -0.336 e. The first-order valence-electron chi connectivity index (χ1n) is 6.51. The number of aryl methyl sites for hydroxylation is 1. The van der Waals surface area contributed by atoms with Crippen LogP contribution in [0.2, 0.25) is 0 Å². The van der Waals surface area contributed by atoms with Gasteiger partial charge in [0.1, 0.15) is 5.56 Å². The van der Waals surface area contributed by atoms with E-state index in [4.69, 9.17) is 0 Å². The molecule has 0 aliphatic heterocycles. The second-order valence-corrected chi connectivity index (χ2v) is 5.65. The third kappa shape index (κ3) is 3.79. The second kappa shape index (κ2) is 7.38. The van der Waals surface area contributed by atoms with E-state index in [0.29, 0.717) is 12.1 Å². The van der Waals surface area contributed by atoms with E-state index in [0.717, 1.165) is 11.8 Å². The quantitative estimate of drug-likeness (QED) is 0.451. The van der Waals surface area contributed by atoms with Gasteiger partial charge in [-0.2, -0.15) is 0 Å².